The fourth-order valence-electron chi connectivity index (χ4n) is 1.79. The summed E-state index contributed by atoms with van der Waals surface area (Å²) >= 11 is 0. The van der Waals surface area contributed by atoms with Gasteiger partial charge in [0.05, 0.1) is 0 Å². The van der Waals surface area contributed by atoms with Crippen LogP contribution in [0, 0.1) is 0 Å². The SMILES string of the molecule is CC(C)Nc1cc(Nc2ccc(N(C)C)cc2)ncn1. The first-order valence-electron chi connectivity index (χ1n) is 6.67. The first-order chi connectivity index (χ1) is 9.54. The van der Waals surface area contributed by atoms with E-state index < -0.39 is 0 Å². The van der Waals surface area contributed by atoms with Crippen LogP contribution < -0.4 is 15.5 Å². The lowest BCUT2D eigenvalue weighted by Crippen LogP contribution is -2.11. The fraction of sp³-hybridized carbons (Fsp3) is 0.333. The number of hydrogen-bond donors (Lipinski definition) is 2. The summed E-state index contributed by atoms with van der Waals surface area (Å²) in [5.41, 5.74) is 2.17. The third kappa shape index (κ3) is 3.85. The number of aromatic nitrogens is 2. The highest BCUT2D eigenvalue weighted by Crippen LogP contribution is 2.19. The Morgan fingerprint density at radius 2 is 1.65 bits per heavy atom. The summed E-state index contributed by atoms with van der Waals surface area (Å²) in [7, 11) is 4.05. The predicted molar refractivity (Wildman–Crippen MR) is 84.8 cm³/mol. The first kappa shape index (κ1) is 14.1. The van der Waals surface area contributed by atoms with Gasteiger partial charge >= 0.3 is 0 Å². The molecule has 0 bridgehead atoms. The van der Waals surface area contributed by atoms with E-state index in [1.165, 1.54) is 5.69 Å². The quantitative estimate of drug-likeness (QED) is 0.875. The second-order valence-electron chi connectivity index (χ2n) is 5.15. The van der Waals surface area contributed by atoms with Crippen molar-refractivity contribution in [3.05, 3.63) is 36.7 Å². The summed E-state index contributed by atoms with van der Waals surface area (Å²) in [5, 5.41) is 6.53. The van der Waals surface area contributed by atoms with Crippen LogP contribution in [0.3, 0.4) is 0 Å². The normalized spacial score (nSPS) is 10.4. The van der Waals surface area contributed by atoms with Gasteiger partial charge in [0.25, 0.3) is 0 Å². The summed E-state index contributed by atoms with van der Waals surface area (Å²) in [5.74, 6) is 1.60. The average molecular weight is 271 g/mol. The van der Waals surface area contributed by atoms with Gasteiger partial charge in [-0.2, -0.15) is 0 Å². The highest BCUT2D eigenvalue weighted by atomic mass is 15.1. The molecule has 0 saturated carbocycles. The average Bonchev–Trinajstić information content (AvgIpc) is 2.39. The molecule has 20 heavy (non-hydrogen) atoms. The van der Waals surface area contributed by atoms with Gasteiger partial charge in [0, 0.05) is 37.6 Å². The Morgan fingerprint density at radius 1 is 1.00 bits per heavy atom. The zero-order valence-corrected chi connectivity index (χ0v) is 12.4. The van der Waals surface area contributed by atoms with Crippen LogP contribution in [-0.2, 0) is 0 Å². The van der Waals surface area contributed by atoms with Gasteiger partial charge in [0.1, 0.15) is 18.0 Å². The van der Waals surface area contributed by atoms with E-state index in [0.717, 1.165) is 17.3 Å². The van der Waals surface area contributed by atoms with Crippen molar-refractivity contribution in [2.45, 2.75) is 19.9 Å². The molecule has 0 aliphatic rings. The van der Waals surface area contributed by atoms with E-state index in [9.17, 15) is 0 Å². The van der Waals surface area contributed by atoms with Crippen molar-refractivity contribution in [2.24, 2.45) is 0 Å². The number of anilines is 4. The third-order valence-corrected chi connectivity index (χ3v) is 2.76. The predicted octanol–water partition coefficient (Wildman–Crippen LogP) is 3.11. The molecule has 0 saturated heterocycles. The molecule has 5 heteroatoms. The molecule has 2 rings (SSSR count). The van der Waals surface area contributed by atoms with Crippen LogP contribution in [0.25, 0.3) is 0 Å². The minimum atomic E-state index is 0.345. The minimum Gasteiger partial charge on any atom is -0.378 e. The maximum absolute atomic E-state index is 4.23. The van der Waals surface area contributed by atoms with Gasteiger partial charge in [-0.05, 0) is 38.1 Å². The number of nitrogens with zero attached hydrogens (tertiary/aromatic N) is 3. The van der Waals surface area contributed by atoms with Crippen molar-refractivity contribution >= 4 is 23.0 Å². The van der Waals surface area contributed by atoms with E-state index in [1.54, 1.807) is 6.33 Å². The largest absolute Gasteiger partial charge is 0.378 e. The van der Waals surface area contributed by atoms with Crippen molar-refractivity contribution in [3.63, 3.8) is 0 Å². The Kier molecular flexibility index (Phi) is 4.40. The van der Waals surface area contributed by atoms with Gasteiger partial charge in [0.2, 0.25) is 0 Å². The molecule has 0 aliphatic carbocycles. The molecule has 5 nitrogen and oxygen atoms in total. The van der Waals surface area contributed by atoms with Crippen LogP contribution in [0.5, 0.6) is 0 Å². The number of hydrogen-bond acceptors (Lipinski definition) is 5. The molecule has 1 aromatic carbocycles. The Morgan fingerprint density at radius 3 is 2.25 bits per heavy atom. The van der Waals surface area contributed by atoms with Gasteiger partial charge < -0.3 is 15.5 Å². The van der Waals surface area contributed by atoms with Crippen LogP contribution in [0.1, 0.15) is 13.8 Å². The lowest BCUT2D eigenvalue weighted by molar-refractivity contribution is 0.886. The molecule has 1 aromatic heterocycles. The standard InChI is InChI=1S/C15H21N5/c1-11(2)18-14-9-15(17-10-16-14)19-12-5-7-13(8-6-12)20(3)4/h5-11H,1-4H3,(H2,16,17,18,19). The Bertz CT molecular complexity index is 548. The maximum Gasteiger partial charge on any atom is 0.135 e. The zero-order chi connectivity index (χ0) is 14.5. The van der Waals surface area contributed by atoms with Crippen molar-refractivity contribution in [3.8, 4) is 0 Å². The molecule has 0 spiro atoms. The molecule has 2 N–H and O–H groups in total. The molecule has 2 aromatic rings. The van der Waals surface area contributed by atoms with E-state index in [2.05, 4.69) is 51.5 Å². The minimum absolute atomic E-state index is 0.345. The van der Waals surface area contributed by atoms with E-state index >= 15 is 0 Å². The first-order valence-corrected chi connectivity index (χ1v) is 6.67. The van der Waals surface area contributed by atoms with Crippen LogP contribution >= 0.6 is 0 Å². The number of benzene rings is 1. The van der Waals surface area contributed by atoms with E-state index in [1.807, 2.05) is 32.3 Å². The van der Waals surface area contributed by atoms with E-state index in [4.69, 9.17) is 0 Å². The maximum atomic E-state index is 4.23. The summed E-state index contributed by atoms with van der Waals surface area (Å²) in [6.45, 7) is 4.16. The highest BCUT2D eigenvalue weighted by molar-refractivity contribution is 5.62. The molecule has 0 atom stereocenters. The number of nitrogens with one attached hydrogen (secondary N) is 2. The van der Waals surface area contributed by atoms with Crippen LogP contribution in [0.15, 0.2) is 36.7 Å². The summed E-state index contributed by atoms with van der Waals surface area (Å²) in [6, 6.07) is 10.4. The number of rotatable bonds is 5. The van der Waals surface area contributed by atoms with Gasteiger partial charge in [0.15, 0.2) is 0 Å². The molecule has 0 fully saturated rings. The Hall–Kier alpha value is -2.30. The molecule has 106 valence electrons. The molecule has 0 aliphatic heterocycles. The second kappa shape index (κ2) is 6.23. The molecule has 1 heterocycles. The molecule has 0 amide bonds. The van der Waals surface area contributed by atoms with Gasteiger partial charge in [-0.3, -0.25) is 0 Å². The lowest BCUT2D eigenvalue weighted by Gasteiger charge is -2.13. The smallest absolute Gasteiger partial charge is 0.135 e. The lowest BCUT2D eigenvalue weighted by atomic mass is 10.2. The molecular weight excluding hydrogens is 250 g/mol. The van der Waals surface area contributed by atoms with Crippen molar-refractivity contribution in [1.82, 2.24) is 9.97 Å². The highest BCUT2D eigenvalue weighted by Gasteiger charge is 2.01. The molecular formula is C15H21N5. The van der Waals surface area contributed by atoms with Crippen LogP contribution in [0.4, 0.5) is 23.0 Å². The topological polar surface area (TPSA) is 53.1 Å². The van der Waals surface area contributed by atoms with Crippen LogP contribution in [-0.4, -0.2) is 30.1 Å². The van der Waals surface area contributed by atoms with Gasteiger partial charge in [-0.25, -0.2) is 9.97 Å². The monoisotopic (exact) mass is 271 g/mol. The summed E-state index contributed by atoms with van der Waals surface area (Å²) < 4.78 is 0. The molecule has 0 unspecified atom stereocenters. The van der Waals surface area contributed by atoms with Crippen LogP contribution in [0.2, 0.25) is 0 Å². The van der Waals surface area contributed by atoms with E-state index in [-0.39, 0.29) is 0 Å². The fourth-order valence-corrected chi connectivity index (χ4v) is 1.79. The molecule has 0 radical (unpaired) electrons. The van der Waals surface area contributed by atoms with Crippen molar-refractivity contribution in [1.29, 1.82) is 0 Å². The van der Waals surface area contributed by atoms with Crippen molar-refractivity contribution < 1.29 is 0 Å². The van der Waals surface area contributed by atoms with Gasteiger partial charge in [-0.15, -0.1) is 0 Å². The Balaban J connectivity index is 2.09. The second-order valence-corrected chi connectivity index (χ2v) is 5.15. The third-order valence-electron chi connectivity index (χ3n) is 2.76. The van der Waals surface area contributed by atoms with Gasteiger partial charge in [-0.1, -0.05) is 0 Å². The van der Waals surface area contributed by atoms with Crippen molar-refractivity contribution in [2.75, 3.05) is 29.6 Å². The summed E-state index contributed by atoms with van der Waals surface area (Å²) in [4.78, 5) is 10.5. The Labute approximate surface area is 120 Å². The van der Waals surface area contributed by atoms with E-state index in [0.29, 0.717) is 6.04 Å². The summed E-state index contributed by atoms with van der Waals surface area (Å²) in [6.07, 6.45) is 1.56. The zero-order valence-electron chi connectivity index (χ0n) is 12.4.